The highest BCUT2D eigenvalue weighted by atomic mass is 35.5. The maximum absolute atomic E-state index is 14.0. The van der Waals surface area contributed by atoms with Crippen molar-refractivity contribution in [1.82, 2.24) is 0 Å². The van der Waals surface area contributed by atoms with Crippen molar-refractivity contribution in [3.8, 4) is 11.8 Å². The van der Waals surface area contributed by atoms with Gasteiger partial charge in [-0.15, -0.1) is 0 Å². The molecule has 3 aromatic rings. The Balaban J connectivity index is 1.89. The molecule has 0 atom stereocenters. The van der Waals surface area contributed by atoms with Crippen LogP contribution in [-0.4, -0.2) is 4.92 Å². The first kappa shape index (κ1) is 20.1. The summed E-state index contributed by atoms with van der Waals surface area (Å²) in [5.41, 5.74) is 1.63. The average molecular weight is 409 g/mol. The molecule has 0 N–H and O–H groups in total. The minimum Gasteiger partial charge on any atom is -0.488 e. The van der Waals surface area contributed by atoms with E-state index in [2.05, 4.69) is 6.07 Å². The maximum atomic E-state index is 14.0. The van der Waals surface area contributed by atoms with Crippen molar-refractivity contribution in [2.75, 3.05) is 0 Å². The summed E-state index contributed by atoms with van der Waals surface area (Å²) in [6, 6.07) is 19.2. The van der Waals surface area contributed by atoms with Gasteiger partial charge >= 0.3 is 0 Å². The van der Waals surface area contributed by atoms with Gasteiger partial charge in [-0.2, -0.15) is 5.26 Å². The first-order valence-electron chi connectivity index (χ1n) is 8.51. The molecule has 0 saturated heterocycles. The molecular weight excluding hydrogens is 395 g/mol. The Labute approximate surface area is 171 Å². The monoisotopic (exact) mass is 408 g/mol. The number of hydrogen-bond donors (Lipinski definition) is 0. The van der Waals surface area contributed by atoms with Gasteiger partial charge in [0.2, 0.25) is 0 Å². The molecule has 7 heteroatoms. The number of hydrogen-bond acceptors (Lipinski definition) is 4. The highest BCUT2D eigenvalue weighted by Gasteiger charge is 2.11. The summed E-state index contributed by atoms with van der Waals surface area (Å²) in [5.74, 6) is -0.0180. The summed E-state index contributed by atoms with van der Waals surface area (Å²) >= 11 is 6.03. The lowest BCUT2D eigenvalue weighted by molar-refractivity contribution is -0.384. The van der Waals surface area contributed by atoms with Crippen LogP contribution in [-0.2, 0) is 6.61 Å². The second-order valence-corrected chi connectivity index (χ2v) is 6.41. The predicted molar refractivity (Wildman–Crippen MR) is 109 cm³/mol. The van der Waals surface area contributed by atoms with Crippen molar-refractivity contribution in [2.45, 2.75) is 6.61 Å². The molecule has 0 spiro atoms. The third kappa shape index (κ3) is 4.78. The molecule has 0 saturated carbocycles. The predicted octanol–water partition coefficient (Wildman–Crippen LogP) is 6.03. The van der Waals surface area contributed by atoms with Crippen molar-refractivity contribution >= 4 is 28.9 Å². The van der Waals surface area contributed by atoms with Crippen LogP contribution in [0, 0.1) is 27.3 Å². The number of rotatable bonds is 6. The number of non-ortho nitro benzene ring substituents is 1. The normalized spacial score (nSPS) is 11.0. The minimum absolute atomic E-state index is 0.0588. The van der Waals surface area contributed by atoms with Crippen molar-refractivity contribution < 1.29 is 14.1 Å². The lowest BCUT2D eigenvalue weighted by Gasteiger charge is -2.11. The molecule has 0 fully saturated rings. The lowest BCUT2D eigenvalue weighted by Crippen LogP contribution is -2.00. The molecule has 0 aliphatic rings. The number of nitriles is 1. The van der Waals surface area contributed by atoms with E-state index in [1.807, 2.05) is 0 Å². The molecule has 0 aliphatic carbocycles. The fourth-order valence-corrected chi connectivity index (χ4v) is 2.87. The molecule has 0 aromatic heterocycles. The Kier molecular flexibility index (Phi) is 6.22. The zero-order chi connectivity index (χ0) is 20.8. The molecule has 0 aliphatic heterocycles. The molecule has 0 unspecified atom stereocenters. The summed E-state index contributed by atoms with van der Waals surface area (Å²) in [6.07, 6.45) is 1.61. The smallest absolute Gasteiger partial charge is 0.269 e. The second-order valence-electron chi connectivity index (χ2n) is 6.00. The van der Waals surface area contributed by atoms with Crippen LogP contribution in [0.25, 0.3) is 11.6 Å². The number of allylic oxidation sites excluding steroid dienone is 1. The summed E-state index contributed by atoms with van der Waals surface area (Å²) in [6.45, 7) is -0.0736. The van der Waals surface area contributed by atoms with Gasteiger partial charge in [0.1, 0.15) is 18.2 Å². The number of nitrogens with zero attached hydrogens (tertiary/aromatic N) is 2. The van der Waals surface area contributed by atoms with Crippen LogP contribution >= 0.6 is 11.6 Å². The van der Waals surface area contributed by atoms with E-state index < -0.39 is 10.7 Å². The third-order valence-corrected chi connectivity index (χ3v) is 4.52. The van der Waals surface area contributed by atoms with Crippen LogP contribution in [0.1, 0.15) is 16.7 Å². The molecule has 5 nitrogen and oxygen atoms in total. The van der Waals surface area contributed by atoms with Gasteiger partial charge in [0, 0.05) is 23.3 Å². The van der Waals surface area contributed by atoms with Crippen LogP contribution in [0.5, 0.6) is 5.75 Å². The molecular formula is C22H14ClFN2O3. The molecule has 3 aromatic carbocycles. The quantitative estimate of drug-likeness (QED) is 0.216. The maximum Gasteiger partial charge on any atom is 0.269 e. The van der Waals surface area contributed by atoms with Crippen molar-refractivity contribution in [3.63, 3.8) is 0 Å². The number of ether oxygens (including phenoxy) is 1. The standard InChI is InChI=1S/C22H14ClFN2O3/c23-20-5-3-6-21(24)19(20)14-29-22-7-2-1-4-16(22)12-17(13-25)15-8-10-18(11-9-15)26(27)28/h1-12H,14H2. The average Bonchev–Trinajstić information content (AvgIpc) is 2.72. The van der Waals surface area contributed by atoms with Gasteiger partial charge in [-0.05, 0) is 42.0 Å². The zero-order valence-electron chi connectivity index (χ0n) is 15.0. The number of nitro groups is 1. The SMILES string of the molecule is N#CC(=Cc1ccccc1OCc1c(F)cccc1Cl)c1ccc([N+](=O)[O-])cc1. The number of nitro benzene ring substituents is 1. The Bertz CT molecular complexity index is 1100. The van der Waals surface area contributed by atoms with Gasteiger partial charge in [0.05, 0.1) is 21.6 Å². The Hall–Kier alpha value is -3.69. The largest absolute Gasteiger partial charge is 0.488 e. The topological polar surface area (TPSA) is 76.2 Å². The van der Waals surface area contributed by atoms with Crippen molar-refractivity contribution in [1.29, 1.82) is 5.26 Å². The molecule has 0 radical (unpaired) electrons. The highest BCUT2D eigenvalue weighted by Crippen LogP contribution is 2.27. The lowest BCUT2D eigenvalue weighted by atomic mass is 10.0. The third-order valence-electron chi connectivity index (χ3n) is 4.16. The van der Waals surface area contributed by atoms with Gasteiger partial charge in [-0.3, -0.25) is 10.1 Å². The van der Waals surface area contributed by atoms with Gasteiger partial charge in [0.25, 0.3) is 5.69 Å². The summed E-state index contributed by atoms with van der Waals surface area (Å²) < 4.78 is 19.7. The van der Waals surface area contributed by atoms with Crippen molar-refractivity contribution in [3.05, 3.63) is 104 Å². The molecule has 144 valence electrons. The first-order valence-corrected chi connectivity index (χ1v) is 8.88. The van der Waals surface area contributed by atoms with E-state index in [0.29, 0.717) is 22.4 Å². The first-order chi connectivity index (χ1) is 14.0. The van der Waals surface area contributed by atoms with E-state index in [-0.39, 0.29) is 22.9 Å². The fourth-order valence-electron chi connectivity index (χ4n) is 2.65. The molecule has 3 rings (SSSR count). The van der Waals surface area contributed by atoms with E-state index in [4.69, 9.17) is 16.3 Å². The minimum atomic E-state index is -0.503. The van der Waals surface area contributed by atoms with E-state index in [0.717, 1.165) is 0 Å². The molecule has 0 amide bonds. The van der Waals surface area contributed by atoms with Gasteiger partial charge < -0.3 is 4.74 Å². The van der Waals surface area contributed by atoms with Gasteiger partial charge in [0.15, 0.2) is 0 Å². The Morgan fingerprint density at radius 3 is 2.52 bits per heavy atom. The van der Waals surface area contributed by atoms with E-state index >= 15 is 0 Å². The Morgan fingerprint density at radius 1 is 1.14 bits per heavy atom. The second kappa shape index (κ2) is 9.00. The van der Waals surface area contributed by atoms with Crippen LogP contribution in [0.3, 0.4) is 0 Å². The number of benzene rings is 3. The number of para-hydroxylation sites is 1. The van der Waals surface area contributed by atoms with E-state index in [1.165, 1.54) is 36.4 Å². The molecule has 0 heterocycles. The van der Waals surface area contributed by atoms with E-state index in [9.17, 15) is 19.8 Å². The van der Waals surface area contributed by atoms with Gasteiger partial charge in [-0.1, -0.05) is 35.9 Å². The molecule has 29 heavy (non-hydrogen) atoms. The number of halogens is 2. The fraction of sp³-hybridized carbons (Fsp3) is 0.0455. The van der Waals surface area contributed by atoms with Crippen LogP contribution in [0.4, 0.5) is 10.1 Å². The van der Waals surface area contributed by atoms with Crippen LogP contribution in [0.15, 0.2) is 66.7 Å². The summed E-state index contributed by atoms with van der Waals surface area (Å²) in [4.78, 5) is 10.3. The van der Waals surface area contributed by atoms with Crippen molar-refractivity contribution in [2.24, 2.45) is 0 Å². The Morgan fingerprint density at radius 2 is 1.86 bits per heavy atom. The van der Waals surface area contributed by atoms with Crippen LogP contribution < -0.4 is 4.74 Å². The summed E-state index contributed by atoms with van der Waals surface area (Å²) in [5, 5.41) is 20.6. The van der Waals surface area contributed by atoms with E-state index in [1.54, 1.807) is 36.4 Å². The van der Waals surface area contributed by atoms with Gasteiger partial charge in [-0.25, -0.2) is 4.39 Å². The van der Waals surface area contributed by atoms with Crippen LogP contribution in [0.2, 0.25) is 5.02 Å². The zero-order valence-corrected chi connectivity index (χ0v) is 15.8. The molecule has 0 bridgehead atoms. The summed E-state index contributed by atoms with van der Waals surface area (Å²) in [7, 11) is 0. The highest BCUT2D eigenvalue weighted by molar-refractivity contribution is 6.31.